The lowest BCUT2D eigenvalue weighted by atomic mass is 10.1. The predicted molar refractivity (Wildman–Crippen MR) is 81.2 cm³/mol. The first-order valence-electron chi connectivity index (χ1n) is 6.80. The van der Waals surface area contributed by atoms with Gasteiger partial charge < -0.3 is 10.6 Å². The highest BCUT2D eigenvalue weighted by molar-refractivity contribution is 7.90. The molecule has 2 rings (SSSR count). The number of likely N-dealkylation sites (N-methyl/N-ethyl adjacent to an activating group) is 1. The fraction of sp³-hybridized carbons (Fsp3) is 0.462. The maximum atomic E-state index is 12.3. The molecule has 1 aliphatic rings. The monoisotopic (exact) mass is 312 g/mol. The molecule has 1 saturated heterocycles. The smallest absolute Gasteiger partial charge is 0.301 e. The number of nitrogens with zero attached hydrogens (tertiary/aromatic N) is 1. The van der Waals surface area contributed by atoms with Gasteiger partial charge in [0.05, 0.1) is 12.1 Å². The van der Waals surface area contributed by atoms with Crippen LogP contribution < -0.4 is 15.4 Å². The number of nitrogens with one attached hydrogen (secondary N) is 3. The first-order valence-corrected chi connectivity index (χ1v) is 8.24. The molecule has 0 atom stereocenters. The predicted octanol–water partition coefficient (Wildman–Crippen LogP) is -0.463. The zero-order chi connectivity index (χ0) is 15.3. The van der Waals surface area contributed by atoms with Gasteiger partial charge in [-0.25, -0.2) is 0 Å². The summed E-state index contributed by atoms with van der Waals surface area (Å²) in [6.45, 7) is 2.15. The van der Waals surface area contributed by atoms with Gasteiger partial charge in [0.1, 0.15) is 0 Å². The molecule has 0 spiro atoms. The maximum Gasteiger partial charge on any atom is 0.301 e. The number of rotatable bonds is 5. The molecule has 1 fully saturated rings. The van der Waals surface area contributed by atoms with Crippen LogP contribution in [0.5, 0.6) is 0 Å². The quantitative estimate of drug-likeness (QED) is 0.686. The van der Waals surface area contributed by atoms with Crippen molar-refractivity contribution in [3.63, 3.8) is 0 Å². The van der Waals surface area contributed by atoms with Gasteiger partial charge in [0.2, 0.25) is 5.91 Å². The Kier molecular flexibility index (Phi) is 5.16. The third-order valence-electron chi connectivity index (χ3n) is 3.30. The van der Waals surface area contributed by atoms with Crippen LogP contribution in [0.1, 0.15) is 5.56 Å². The molecule has 8 heteroatoms. The van der Waals surface area contributed by atoms with Crippen LogP contribution in [0.25, 0.3) is 0 Å². The van der Waals surface area contributed by atoms with Gasteiger partial charge in [-0.3, -0.25) is 9.52 Å². The van der Waals surface area contributed by atoms with Crippen molar-refractivity contribution in [1.29, 1.82) is 0 Å². The van der Waals surface area contributed by atoms with E-state index < -0.39 is 10.2 Å². The highest BCUT2D eigenvalue weighted by Crippen LogP contribution is 2.18. The van der Waals surface area contributed by atoms with Gasteiger partial charge in [-0.15, -0.1) is 0 Å². The summed E-state index contributed by atoms with van der Waals surface area (Å²) in [4.78, 5) is 11.5. The average molecular weight is 312 g/mol. The van der Waals surface area contributed by atoms with E-state index in [1.807, 2.05) is 0 Å². The maximum absolute atomic E-state index is 12.3. The second kappa shape index (κ2) is 6.88. The van der Waals surface area contributed by atoms with Crippen LogP contribution >= 0.6 is 0 Å². The summed E-state index contributed by atoms with van der Waals surface area (Å²) >= 11 is 0. The molecule has 1 aliphatic heterocycles. The number of benzene rings is 1. The van der Waals surface area contributed by atoms with E-state index in [2.05, 4.69) is 15.4 Å². The summed E-state index contributed by atoms with van der Waals surface area (Å²) in [5, 5.41) is 5.64. The average Bonchev–Trinajstić information content (AvgIpc) is 2.50. The Morgan fingerprint density at radius 2 is 1.95 bits per heavy atom. The number of hydrogen-bond donors (Lipinski definition) is 3. The van der Waals surface area contributed by atoms with Crippen LogP contribution in [0, 0.1) is 0 Å². The van der Waals surface area contributed by atoms with Crippen LogP contribution in [-0.2, 0) is 21.4 Å². The summed E-state index contributed by atoms with van der Waals surface area (Å²) < 4.78 is 28.7. The molecule has 21 heavy (non-hydrogen) atoms. The van der Waals surface area contributed by atoms with E-state index in [1.165, 1.54) is 4.31 Å². The fourth-order valence-corrected chi connectivity index (χ4v) is 3.39. The van der Waals surface area contributed by atoms with E-state index in [0.717, 1.165) is 0 Å². The van der Waals surface area contributed by atoms with Crippen molar-refractivity contribution in [1.82, 2.24) is 14.9 Å². The van der Waals surface area contributed by atoms with Crippen molar-refractivity contribution in [2.24, 2.45) is 0 Å². The Hall–Kier alpha value is -1.64. The molecule has 0 saturated carbocycles. The number of amides is 1. The first-order chi connectivity index (χ1) is 10.0. The molecular weight excluding hydrogens is 292 g/mol. The Morgan fingerprint density at radius 3 is 2.62 bits per heavy atom. The zero-order valence-electron chi connectivity index (χ0n) is 11.9. The summed E-state index contributed by atoms with van der Waals surface area (Å²) in [5.74, 6) is -0.163. The van der Waals surface area contributed by atoms with E-state index in [0.29, 0.717) is 37.4 Å². The molecule has 1 heterocycles. The van der Waals surface area contributed by atoms with Crippen molar-refractivity contribution >= 4 is 21.8 Å². The molecule has 0 unspecified atom stereocenters. The van der Waals surface area contributed by atoms with Gasteiger partial charge in [0.15, 0.2) is 0 Å². The second-order valence-electron chi connectivity index (χ2n) is 4.76. The molecule has 1 aromatic carbocycles. The van der Waals surface area contributed by atoms with E-state index in [9.17, 15) is 13.2 Å². The Balaban J connectivity index is 2.16. The molecule has 0 bridgehead atoms. The number of anilines is 1. The van der Waals surface area contributed by atoms with Gasteiger partial charge in [-0.2, -0.15) is 12.7 Å². The molecule has 0 aliphatic carbocycles. The largest absolute Gasteiger partial charge is 0.359 e. The van der Waals surface area contributed by atoms with Gasteiger partial charge in [0.25, 0.3) is 0 Å². The number of piperazine rings is 1. The van der Waals surface area contributed by atoms with Gasteiger partial charge >= 0.3 is 10.2 Å². The summed E-state index contributed by atoms with van der Waals surface area (Å²) in [6, 6.07) is 6.92. The molecule has 7 nitrogen and oxygen atoms in total. The summed E-state index contributed by atoms with van der Waals surface area (Å²) in [6.07, 6.45) is 0.136. The minimum Gasteiger partial charge on any atom is -0.359 e. The Labute approximate surface area is 124 Å². The number of para-hydroxylation sites is 1. The van der Waals surface area contributed by atoms with Gasteiger partial charge in [0, 0.05) is 33.2 Å². The summed E-state index contributed by atoms with van der Waals surface area (Å²) in [7, 11) is -2.04. The Morgan fingerprint density at radius 1 is 1.29 bits per heavy atom. The minimum atomic E-state index is -3.59. The first kappa shape index (κ1) is 15.7. The molecule has 1 amide bonds. The lowest BCUT2D eigenvalue weighted by Crippen LogP contribution is -2.48. The summed E-state index contributed by atoms with van der Waals surface area (Å²) in [5.41, 5.74) is 1.09. The van der Waals surface area contributed by atoms with Crippen LogP contribution in [0.2, 0.25) is 0 Å². The van der Waals surface area contributed by atoms with Crippen molar-refractivity contribution in [2.75, 3.05) is 37.9 Å². The number of hydrogen-bond acceptors (Lipinski definition) is 4. The zero-order valence-corrected chi connectivity index (χ0v) is 12.7. The normalized spacial score (nSPS) is 16.4. The van der Waals surface area contributed by atoms with Crippen LogP contribution in [0.4, 0.5) is 5.69 Å². The topological polar surface area (TPSA) is 90.5 Å². The molecule has 0 aromatic heterocycles. The number of carbonyl (C=O) groups excluding carboxylic acids is 1. The van der Waals surface area contributed by atoms with Crippen LogP contribution in [-0.4, -0.2) is 51.9 Å². The van der Waals surface area contributed by atoms with Crippen molar-refractivity contribution in [3.8, 4) is 0 Å². The highest BCUT2D eigenvalue weighted by Gasteiger charge is 2.24. The lowest BCUT2D eigenvalue weighted by molar-refractivity contribution is -0.119. The minimum absolute atomic E-state index is 0.136. The second-order valence-corrected chi connectivity index (χ2v) is 6.43. The van der Waals surface area contributed by atoms with E-state index in [1.54, 1.807) is 31.3 Å². The third-order valence-corrected chi connectivity index (χ3v) is 4.82. The van der Waals surface area contributed by atoms with Gasteiger partial charge in [-0.05, 0) is 11.6 Å². The van der Waals surface area contributed by atoms with Crippen molar-refractivity contribution < 1.29 is 13.2 Å². The van der Waals surface area contributed by atoms with Crippen LogP contribution in [0.15, 0.2) is 24.3 Å². The SMILES string of the molecule is CNC(=O)Cc1ccccc1NS(=O)(=O)N1CCNCC1. The molecule has 3 N–H and O–H groups in total. The molecule has 1 aromatic rings. The van der Waals surface area contributed by atoms with E-state index >= 15 is 0 Å². The van der Waals surface area contributed by atoms with Gasteiger partial charge in [-0.1, -0.05) is 18.2 Å². The van der Waals surface area contributed by atoms with E-state index in [4.69, 9.17) is 0 Å². The lowest BCUT2D eigenvalue weighted by Gasteiger charge is -2.27. The molecule has 116 valence electrons. The van der Waals surface area contributed by atoms with Crippen LogP contribution in [0.3, 0.4) is 0 Å². The Bertz CT molecular complexity index is 597. The molecular formula is C13H20N4O3S. The molecule has 0 radical (unpaired) electrons. The van der Waals surface area contributed by atoms with E-state index in [-0.39, 0.29) is 12.3 Å². The third kappa shape index (κ3) is 4.16. The standard InChI is InChI=1S/C13H20N4O3S/c1-14-13(18)10-11-4-2-3-5-12(11)16-21(19,20)17-8-6-15-7-9-17/h2-5,15-16H,6-10H2,1H3,(H,14,18). The van der Waals surface area contributed by atoms with Crippen molar-refractivity contribution in [2.45, 2.75) is 6.42 Å². The fourth-order valence-electron chi connectivity index (χ4n) is 2.12. The number of carbonyl (C=O) groups is 1. The highest BCUT2D eigenvalue weighted by atomic mass is 32.2. The van der Waals surface area contributed by atoms with Crippen molar-refractivity contribution in [3.05, 3.63) is 29.8 Å².